The van der Waals surface area contributed by atoms with Gasteiger partial charge in [0.1, 0.15) is 0 Å². The molecule has 1 aromatic rings. The quantitative estimate of drug-likeness (QED) is 0.709. The molecule has 0 N–H and O–H groups in total. The molecule has 0 radical (unpaired) electrons. The highest BCUT2D eigenvalue weighted by atomic mass is 35.5. The van der Waals surface area contributed by atoms with E-state index in [-0.39, 0.29) is 0 Å². The Hall–Kier alpha value is -0.540. The van der Waals surface area contributed by atoms with E-state index < -0.39 is 0 Å². The smallest absolute Gasteiger partial charge is 0.0764 e. The molecule has 0 aliphatic heterocycles. The van der Waals surface area contributed by atoms with Gasteiger partial charge in [-0.05, 0) is 31.9 Å². The van der Waals surface area contributed by atoms with Crippen molar-refractivity contribution in [3.63, 3.8) is 0 Å². The molecular weight excluding hydrogens is 258 g/mol. The third-order valence-electron chi connectivity index (χ3n) is 3.94. The SMILES string of the molecule is CCCN(CCCl)Cc1ccn(C2CCCCC2)n1. The van der Waals surface area contributed by atoms with Crippen molar-refractivity contribution in [2.75, 3.05) is 19.0 Å². The summed E-state index contributed by atoms with van der Waals surface area (Å²) in [5.74, 6) is 0.698. The van der Waals surface area contributed by atoms with Crippen molar-refractivity contribution in [2.24, 2.45) is 0 Å². The Morgan fingerprint density at radius 3 is 2.79 bits per heavy atom. The van der Waals surface area contributed by atoms with Crippen LogP contribution in [0.2, 0.25) is 0 Å². The minimum absolute atomic E-state index is 0.634. The number of alkyl halides is 1. The highest BCUT2D eigenvalue weighted by molar-refractivity contribution is 6.18. The Morgan fingerprint density at radius 2 is 2.11 bits per heavy atom. The van der Waals surface area contributed by atoms with Crippen LogP contribution in [0.1, 0.15) is 57.2 Å². The standard InChI is InChI=1S/C15H26ClN3/c1-2-10-18(12-9-16)13-14-8-11-19(17-14)15-6-4-3-5-7-15/h8,11,15H,2-7,9-10,12-13H2,1H3. The molecule has 1 aromatic heterocycles. The largest absolute Gasteiger partial charge is 0.296 e. The maximum absolute atomic E-state index is 5.86. The van der Waals surface area contributed by atoms with Crippen molar-refractivity contribution in [2.45, 2.75) is 58.0 Å². The first-order valence-corrected chi connectivity index (χ1v) is 8.19. The second-order valence-electron chi connectivity index (χ2n) is 5.54. The van der Waals surface area contributed by atoms with Crippen molar-refractivity contribution in [3.05, 3.63) is 18.0 Å². The molecule has 0 unspecified atom stereocenters. The van der Waals surface area contributed by atoms with Gasteiger partial charge in [0, 0.05) is 25.2 Å². The van der Waals surface area contributed by atoms with Crippen LogP contribution in [0.4, 0.5) is 0 Å². The van der Waals surface area contributed by atoms with E-state index in [0.717, 1.165) is 19.6 Å². The zero-order chi connectivity index (χ0) is 13.5. The highest BCUT2D eigenvalue weighted by Crippen LogP contribution is 2.27. The Kier molecular flexibility index (Phi) is 6.18. The monoisotopic (exact) mass is 283 g/mol. The van der Waals surface area contributed by atoms with Crippen molar-refractivity contribution in [3.8, 4) is 0 Å². The summed E-state index contributed by atoms with van der Waals surface area (Å²) in [6.45, 7) is 5.19. The van der Waals surface area contributed by atoms with E-state index in [4.69, 9.17) is 16.7 Å². The molecule has 0 amide bonds. The number of hydrogen-bond acceptors (Lipinski definition) is 2. The fraction of sp³-hybridized carbons (Fsp3) is 0.800. The van der Waals surface area contributed by atoms with Crippen molar-refractivity contribution in [1.82, 2.24) is 14.7 Å². The van der Waals surface area contributed by atoms with E-state index >= 15 is 0 Å². The summed E-state index contributed by atoms with van der Waals surface area (Å²) in [5, 5.41) is 4.77. The van der Waals surface area contributed by atoms with Gasteiger partial charge in [-0.1, -0.05) is 26.2 Å². The first-order chi connectivity index (χ1) is 9.33. The van der Waals surface area contributed by atoms with Crippen LogP contribution >= 0.6 is 11.6 Å². The minimum Gasteiger partial charge on any atom is -0.296 e. The molecule has 0 saturated heterocycles. The fourth-order valence-corrected chi connectivity index (χ4v) is 3.18. The van der Waals surface area contributed by atoms with Crippen LogP contribution in [0.5, 0.6) is 0 Å². The lowest BCUT2D eigenvalue weighted by molar-refractivity contribution is 0.274. The highest BCUT2D eigenvalue weighted by Gasteiger charge is 2.16. The lowest BCUT2D eigenvalue weighted by Gasteiger charge is -2.22. The zero-order valence-corrected chi connectivity index (χ0v) is 12.8. The Morgan fingerprint density at radius 1 is 1.32 bits per heavy atom. The summed E-state index contributed by atoms with van der Waals surface area (Å²) in [4.78, 5) is 2.39. The van der Waals surface area contributed by atoms with Crippen molar-refractivity contribution >= 4 is 11.6 Å². The zero-order valence-electron chi connectivity index (χ0n) is 12.0. The summed E-state index contributed by atoms with van der Waals surface area (Å²) < 4.78 is 2.19. The summed E-state index contributed by atoms with van der Waals surface area (Å²) in [5.41, 5.74) is 1.18. The van der Waals surface area contributed by atoms with Gasteiger partial charge in [0.15, 0.2) is 0 Å². The second kappa shape index (κ2) is 7.91. The lowest BCUT2D eigenvalue weighted by atomic mass is 9.96. The summed E-state index contributed by atoms with van der Waals surface area (Å²) in [6, 6.07) is 2.81. The van der Waals surface area contributed by atoms with Gasteiger partial charge in [-0.3, -0.25) is 9.58 Å². The summed E-state index contributed by atoms with van der Waals surface area (Å²) >= 11 is 5.86. The molecule has 108 valence electrons. The summed E-state index contributed by atoms with van der Waals surface area (Å²) in [6.07, 6.45) is 10.0. The molecule has 1 fully saturated rings. The molecule has 0 bridgehead atoms. The van der Waals surface area contributed by atoms with Crippen LogP contribution in [0, 0.1) is 0 Å². The third-order valence-corrected chi connectivity index (χ3v) is 4.11. The van der Waals surface area contributed by atoms with Gasteiger partial charge >= 0.3 is 0 Å². The molecule has 3 nitrogen and oxygen atoms in total. The molecule has 0 aromatic carbocycles. The van der Waals surface area contributed by atoms with E-state index in [1.807, 2.05) is 0 Å². The first-order valence-electron chi connectivity index (χ1n) is 7.66. The Bertz CT molecular complexity index is 352. The van der Waals surface area contributed by atoms with Crippen molar-refractivity contribution in [1.29, 1.82) is 0 Å². The van der Waals surface area contributed by atoms with E-state index in [0.29, 0.717) is 11.9 Å². The van der Waals surface area contributed by atoms with Crippen LogP contribution in [0.3, 0.4) is 0 Å². The van der Waals surface area contributed by atoms with Crippen LogP contribution in [-0.4, -0.2) is 33.6 Å². The molecule has 4 heteroatoms. The Labute approximate surface area is 121 Å². The lowest BCUT2D eigenvalue weighted by Crippen LogP contribution is -2.26. The molecule has 1 aliphatic rings. The van der Waals surface area contributed by atoms with E-state index in [9.17, 15) is 0 Å². The Balaban J connectivity index is 1.91. The van der Waals surface area contributed by atoms with Crippen LogP contribution in [-0.2, 0) is 6.54 Å². The molecule has 0 atom stereocenters. The van der Waals surface area contributed by atoms with Crippen LogP contribution in [0.15, 0.2) is 12.3 Å². The normalized spacial score (nSPS) is 17.2. The first kappa shape index (κ1) is 14.9. The molecule has 19 heavy (non-hydrogen) atoms. The van der Waals surface area contributed by atoms with E-state index in [1.165, 1.54) is 44.2 Å². The number of halogens is 1. The molecule has 2 rings (SSSR count). The van der Waals surface area contributed by atoms with Crippen molar-refractivity contribution < 1.29 is 0 Å². The molecule has 1 saturated carbocycles. The average molecular weight is 284 g/mol. The molecule has 1 heterocycles. The third kappa shape index (κ3) is 4.50. The van der Waals surface area contributed by atoms with Crippen LogP contribution < -0.4 is 0 Å². The van der Waals surface area contributed by atoms with Gasteiger partial charge in [0.05, 0.1) is 11.7 Å². The number of hydrogen-bond donors (Lipinski definition) is 0. The molecule has 1 aliphatic carbocycles. The predicted octanol–water partition coefficient (Wildman–Crippen LogP) is 3.84. The topological polar surface area (TPSA) is 21.1 Å². The second-order valence-corrected chi connectivity index (χ2v) is 5.92. The maximum Gasteiger partial charge on any atom is 0.0764 e. The predicted molar refractivity (Wildman–Crippen MR) is 80.6 cm³/mol. The minimum atomic E-state index is 0.634. The maximum atomic E-state index is 5.86. The van der Waals surface area contributed by atoms with E-state index in [2.05, 4.69) is 28.8 Å². The summed E-state index contributed by atoms with van der Waals surface area (Å²) in [7, 11) is 0. The molecular formula is C15H26ClN3. The van der Waals surface area contributed by atoms with Gasteiger partial charge in [-0.2, -0.15) is 5.10 Å². The number of aromatic nitrogens is 2. The fourth-order valence-electron chi connectivity index (χ4n) is 2.95. The van der Waals surface area contributed by atoms with Gasteiger partial charge in [0.25, 0.3) is 0 Å². The number of nitrogens with zero attached hydrogens (tertiary/aromatic N) is 3. The molecule has 0 spiro atoms. The average Bonchev–Trinajstić information content (AvgIpc) is 2.89. The van der Waals surface area contributed by atoms with Gasteiger partial charge < -0.3 is 0 Å². The van der Waals surface area contributed by atoms with Gasteiger partial charge in [-0.25, -0.2) is 0 Å². The van der Waals surface area contributed by atoms with Gasteiger partial charge in [-0.15, -0.1) is 11.6 Å². The van der Waals surface area contributed by atoms with Crippen LogP contribution in [0.25, 0.3) is 0 Å². The van der Waals surface area contributed by atoms with Gasteiger partial charge in [0.2, 0.25) is 0 Å². The number of rotatable bonds is 7. The van der Waals surface area contributed by atoms with E-state index in [1.54, 1.807) is 0 Å².